The Bertz CT molecular complexity index is 380. The van der Waals surface area contributed by atoms with Crippen molar-refractivity contribution in [1.29, 1.82) is 0 Å². The maximum Gasteiger partial charge on any atom is 0.466 e. The monoisotopic (exact) mass is 442 g/mol. The van der Waals surface area contributed by atoms with Gasteiger partial charge in [0.2, 0.25) is 0 Å². The van der Waals surface area contributed by atoms with Crippen LogP contribution in [-0.4, -0.2) is 46.8 Å². The molecule has 0 heterocycles. The second-order valence-electron chi connectivity index (χ2n) is 8.78. The van der Waals surface area contributed by atoms with E-state index in [1.54, 1.807) is 6.92 Å². The molecule has 0 aliphatic carbocycles. The van der Waals surface area contributed by atoms with Gasteiger partial charge in [-0.05, 0) is 65.8 Å². The Kier molecular flexibility index (Phi) is 16.0. The highest BCUT2D eigenvalue weighted by molar-refractivity contribution is 6.89. The van der Waals surface area contributed by atoms with Crippen molar-refractivity contribution in [2.24, 2.45) is 0 Å². The van der Waals surface area contributed by atoms with Crippen molar-refractivity contribution in [3.8, 4) is 0 Å². The first-order valence-corrected chi connectivity index (χ1v) is 20.6. The SMILES string of the molecule is C.C.C=C(C)C(=O)OC.C[Si](C)(C)O[Si](C)(O[Si](C)(C)C)O[Si](C)(C)C. The third kappa shape index (κ3) is 22.0. The van der Waals surface area contributed by atoms with Crippen LogP contribution in [0.15, 0.2) is 12.2 Å². The summed E-state index contributed by atoms with van der Waals surface area (Å²) in [6.45, 7) is 26.8. The predicted octanol–water partition coefficient (Wildman–Crippen LogP) is 6.12. The van der Waals surface area contributed by atoms with E-state index in [-0.39, 0.29) is 20.8 Å². The van der Waals surface area contributed by atoms with Crippen LogP contribution in [0.5, 0.6) is 0 Å². The molecule has 0 saturated carbocycles. The van der Waals surface area contributed by atoms with E-state index >= 15 is 0 Å². The number of methoxy groups -OCH3 is 1. The normalized spacial score (nSPS) is 12.0. The third-order valence-corrected chi connectivity index (χ3v) is 13.8. The van der Waals surface area contributed by atoms with Crippen molar-refractivity contribution in [3.05, 3.63) is 12.2 Å². The predicted molar refractivity (Wildman–Crippen MR) is 125 cm³/mol. The molecule has 0 bridgehead atoms. The summed E-state index contributed by atoms with van der Waals surface area (Å²) in [5.74, 6) is -0.347. The summed E-state index contributed by atoms with van der Waals surface area (Å²) in [7, 11) is -6.05. The van der Waals surface area contributed by atoms with Crippen LogP contribution in [0.25, 0.3) is 0 Å². The maximum absolute atomic E-state index is 10.2. The number of rotatable bonds is 7. The minimum absolute atomic E-state index is 0. The van der Waals surface area contributed by atoms with E-state index in [0.717, 1.165) is 0 Å². The number of esters is 1. The first-order chi connectivity index (χ1) is 10.3. The summed E-state index contributed by atoms with van der Waals surface area (Å²) >= 11 is 0. The molecule has 0 fully saturated rings. The summed E-state index contributed by atoms with van der Waals surface area (Å²) in [5.41, 5.74) is 0.433. The van der Waals surface area contributed by atoms with Gasteiger partial charge in [0.25, 0.3) is 0 Å². The van der Waals surface area contributed by atoms with Gasteiger partial charge in [-0.1, -0.05) is 21.4 Å². The Hall–Kier alpha value is -0.0425. The average molecular weight is 443 g/mol. The maximum atomic E-state index is 10.2. The van der Waals surface area contributed by atoms with Crippen molar-refractivity contribution < 1.29 is 21.9 Å². The molecule has 0 amide bonds. The van der Waals surface area contributed by atoms with Gasteiger partial charge in [0.1, 0.15) is 0 Å². The molecule has 0 atom stereocenters. The summed E-state index contributed by atoms with van der Waals surface area (Å²) in [6.07, 6.45) is 0. The fourth-order valence-electron chi connectivity index (χ4n) is 1.91. The fraction of sp³-hybridized carbons (Fsp3) is 0.824. The zero-order valence-corrected chi connectivity index (χ0v) is 21.7. The zero-order chi connectivity index (χ0) is 20.0. The van der Waals surface area contributed by atoms with E-state index in [1.165, 1.54) is 7.11 Å². The van der Waals surface area contributed by atoms with E-state index < -0.39 is 33.8 Å². The minimum atomic E-state index is -2.47. The third-order valence-electron chi connectivity index (χ3n) is 2.01. The van der Waals surface area contributed by atoms with Gasteiger partial charge in [0, 0.05) is 12.1 Å². The van der Waals surface area contributed by atoms with E-state index in [1.807, 2.05) is 0 Å². The summed E-state index contributed by atoms with van der Waals surface area (Å²) < 4.78 is 23.1. The topological polar surface area (TPSA) is 54.0 Å². The van der Waals surface area contributed by atoms with Crippen LogP contribution >= 0.6 is 0 Å². The molecule has 9 heteroatoms. The van der Waals surface area contributed by atoms with Gasteiger partial charge in [0.05, 0.1) is 7.11 Å². The second-order valence-corrected chi connectivity index (χ2v) is 25.6. The smallest absolute Gasteiger partial charge is 0.466 e. The largest absolute Gasteiger partial charge is 0.466 e. The zero-order valence-electron chi connectivity index (χ0n) is 17.7. The lowest BCUT2D eigenvalue weighted by Gasteiger charge is -2.40. The van der Waals surface area contributed by atoms with Gasteiger partial charge in [-0.25, -0.2) is 4.79 Å². The Labute approximate surface area is 168 Å². The number of carbonyl (C=O) groups is 1. The van der Waals surface area contributed by atoms with Crippen LogP contribution in [0.3, 0.4) is 0 Å². The molecule has 0 saturated heterocycles. The van der Waals surface area contributed by atoms with Crippen LogP contribution in [0.4, 0.5) is 0 Å². The molecule has 0 N–H and O–H groups in total. The summed E-state index contributed by atoms with van der Waals surface area (Å²) in [6, 6.07) is 0. The quantitative estimate of drug-likeness (QED) is 0.270. The van der Waals surface area contributed by atoms with E-state index in [9.17, 15) is 4.79 Å². The van der Waals surface area contributed by atoms with Gasteiger partial charge in [-0.2, -0.15) is 0 Å². The highest BCUT2D eigenvalue weighted by Crippen LogP contribution is 2.24. The summed E-state index contributed by atoms with van der Waals surface area (Å²) in [5, 5.41) is 0. The molecular formula is C17H46O5Si4. The molecule has 0 aromatic rings. The van der Waals surface area contributed by atoms with E-state index in [2.05, 4.69) is 76.8 Å². The van der Waals surface area contributed by atoms with Crippen LogP contribution < -0.4 is 0 Å². The average Bonchev–Trinajstić information content (AvgIpc) is 2.19. The Balaban J connectivity index is -0.000000230. The number of hydrogen-bond acceptors (Lipinski definition) is 5. The minimum Gasteiger partial charge on any atom is -0.466 e. The van der Waals surface area contributed by atoms with Gasteiger partial charge in [0.15, 0.2) is 25.0 Å². The highest BCUT2D eigenvalue weighted by Gasteiger charge is 2.45. The van der Waals surface area contributed by atoms with E-state index in [4.69, 9.17) is 12.3 Å². The van der Waals surface area contributed by atoms with Crippen molar-refractivity contribution in [2.45, 2.75) is 87.2 Å². The lowest BCUT2D eigenvalue weighted by molar-refractivity contribution is -0.136. The van der Waals surface area contributed by atoms with Gasteiger partial charge in [-0.15, -0.1) is 0 Å². The molecule has 0 radical (unpaired) electrons. The summed E-state index contributed by atoms with van der Waals surface area (Å²) in [4.78, 5) is 10.2. The number of ether oxygens (including phenoxy) is 1. The molecule has 0 unspecified atom stereocenters. The lowest BCUT2D eigenvalue weighted by atomic mass is 10.4. The van der Waals surface area contributed by atoms with Crippen molar-refractivity contribution in [3.63, 3.8) is 0 Å². The molecule has 0 aromatic heterocycles. The molecule has 0 aliphatic rings. The molecule has 0 spiro atoms. The van der Waals surface area contributed by atoms with Crippen molar-refractivity contribution in [1.82, 2.24) is 0 Å². The van der Waals surface area contributed by atoms with E-state index in [0.29, 0.717) is 5.57 Å². The molecule has 0 aliphatic heterocycles. The Morgan fingerprint density at radius 1 is 0.692 bits per heavy atom. The first kappa shape index (κ1) is 33.5. The van der Waals surface area contributed by atoms with Crippen molar-refractivity contribution >= 4 is 39.7 Å². The van der Waals surface area contributed by atoms with Crippen LogP contribution in [0.2, 0.25) is 65.5 Å². The second kappa shape index (κ2) is 12.4. The lowest BCUT2D eigenvalue weighted by Crippen LogP contribution is -2.58. The Morgan fingerprint density at radius 3 is 1.00 bits per heavy atom. The molecule has 5 nitrogen and oxygen atoms in total. The highest BCUT2D eigenvalue weighted by atomic mass is 28.5. The van der Waals surface area contributed by atoms with Crippen LogP contribution in [-0.2, 0) is 21.9 Å². The van der Waals surface area contributed by atoms with Crippen LogP contribution in [0.1, 0.15) is 21.8 Å². The van der Waals surface area contributed by atoms with Crippen LogP contribution in [0, 0.1) is 0 Å². The molecule has 160 valence electrons. The molecular weight excluding hydrogens is 397 g/mol. The standard InChI is InChI=1S/C10H30O3Si4.C5H8O2.2CH4/c1-14(2,3)11-17(10,12-15(4,5)6)13-16(7,8)9;1-4(2)5(6)7-3;;/h1-10H3;1H2,2-3H3;2*1H4. The van der Waals surface area contributed by atoms with Gasteiger partial charge < -0.3 is 17.1 Å². The Morgan fingerprint density at radius 2 is 0.923 bits per heavy atom. The molecule has 0 aromatic carbocycles. The number of carbonyl (C=O) groups excluding carboxylic acids is 1. The first-order valence-electron chi connectivity index (χ1n) is 8.14. The van der Waals surface area contributed by atoms with Crippen molar-refractivity contribution in [2.75, 3.05) is 7.11 Å². The van der Waals surface area contributed by atoms with Gasteiger partial charge in [-0.3, -0.25) is 0 Å². The van der Waals surface area contributed by atoms with Gasteiger partial charge >= 0.3 is 14.8 Å². The number of hydrogen-bond donors (Lipinski definition) is 0. The molecule has 0 rings (SSSR count). The molecule has 26 heavy (non-hydrogen) atoms. The fourth-order valence-corrected chi connectivity index (χ4v) is 16.9.